The van der Waals surface area contributed by atoms with Gasteiger partial charge in [0.25, 0.3) is 11.8 Å². The highest BCUT2D eigenvalue weighted by Gasteiger charge is 2.34. The van der Waals surface area contributed by atoms with Crippen LogP contribution in [0.1, 0.15) is 64.3 Å². The van der Waals surface area contributed by atoms with E-state index >= 15 is 0 Å². The molecule has 0 saturated carbocycles. The van der Waals surface area contributed by atoms with E-state index in [9.17, 15) is 9.59 Å². The standard InChI is InChI=1S/C24H31N3O4/c1-3-20(17-8-5-4-6-9-17)25-23(28)19-14-21(27-12-13-31-16-22(19)27)24(29)26-11-7-10-18(26)15-30-2/h4-6,8-9,14,18,20H,3,7,10-13,15-16H2,1-2H3,(H,25,28). The number of carbonyl (C=O) groups excluding carboxylic acids is 2. The number of nitrogens with zero attached hydrogens (tertiary/aromatic N) is 2. The highest BCUT2D eigenvalue weighted by molar-refractivity contribution is 6.01. The van der Waals surface area contributed by atoms with E-state index < -0.39 is 0 Å². The summed E-state index contributed by atoms with van der Waals surface area (Å²) in [5.74, 6) is -0.198. The van der Waals surface area contributed by atoms with Crippen LogP contribution in [0.4, 0.5) is 0 Å². The maximum absolute atomic E-state index is 13.4. The topological polar surface area (TPSA) is 72.8 Å². The van der Waals surface area contributed by atoms with Crippen molar-refractivity contribution >= 4 is 11.8 Å². The Morgan fingerprint density at radius 1 is 1.26 bits per heavy atom. The van der Waals surface area contributed by atoms with Crippen molar-refractivity contribution in [2.75, 3.05) is 26.9 Å². The lowest BCUT2D eigenvalue weighted by Gasteiger charge is -2.26. The third-order valence-corrected chi connectivity index (χ3v) is 6.28. The Hall–Kier alpha value is -2.64. The molecule has 0 spiro atoms. The van der Waals surface area contributed by atoms with Gasteiger partial charge >= 0.3 is 0 Å². The van der Waals surface area contributed by atoms with Crippen molar-refractivity contribution in [1.82, 2.24) is 14.8 Å². The second-order valence-corrected chi connectivity index (χ2v) is 8.19. The van der Waals surface area contributed by atoms with Crippen LogP contribution in [0.5, 0.6) is 0 Å². The molecule has 166 valence electrons. The number of fused-ring (bicyclic) bond motifs is 1. The van der Waals surface area contributed by atoms with Crippen LogP contribution < -0.4 is 5.32 Å². The molecular formula is C24H31N3O4. The van der Waals surface area contributed by atoms with Gasteiger partial charge in [0, 0.05) is 20.2 Å². The summed E-state index contributed by atoms with van der Waals surface area (Å²) in [4.78, 5) is 28.6. The summed E-state index contributed by atoms with van der Waals surface area (Å²) in [7, 11) is 1.66. The molecule has 0 radical (unpaired) electrons. The number of rotatable bonds is 7. The Kier molecular flexibility index (Phi) is 6.73. The molecule has 1 fully saturated rings. The van der Waals surface area contributed by atoms with E-state index in [4.69, 9.17) is 9.47 Å². The van der Waals surface area contributed by atoms with Crippen molar-refractivity contribution in [3.8, 4) is 0 Å². The van der Waals surface area contributed by atoms with Gasteiger partial charge < -0.3 is 24.3 Å². The minimum Gasteiger partial charge on any atom is -0.383 e. The van der Waals surface area contributed by atoms with Gasteiger partial charge in [-0.1, -0.05) is 37.3 Å². The van der Waals surface area contributed by atoms with Crippen LogP contribution in [0.15, 0.2) is 36.4 Å². The molecule has 4 rings (SSSR count). The van der Waals surface area contributed by atoms with Crippen molar-refractivity contribution in [3.05, 3.63) is 58.9 Å². The van der Waals surface area contributed by atoms with E-state index in [1.807, 2.05) is 39.8 Å². The molecule has 3 heterocycles. The van der Waals surface area contributed by atoms with Crippen LogP contribution in [0, 0.1) is 0 Å². The number of likely N-dealkylation sites (tertiary alicyclic amines) is 1. The lowest BCUT2D eigenvalue weighted by atomic mass is 10.0. The highest BCUT2D eigenvalue weighted by atomic mass is 16.5. The van der Waals surface area contributed by atoms with Crippen molar-refractivity contribution in [2.24, 2.45) is 0 Å². The second-order valence-electron chi connectivity index (χ2n) is 8.19. The van der Waals surface area contributed by atoms with Crippen molar-refractivity contribution < 1.29 is 19.1 Å². The number of hydrogen-bond donors (Lipinski definition) is 1. The first kappa shape index (κ1) is 21.6. The fourth-order valence-corrected chi connectivity index (χ4v) is 4.66. The molecule has 2 unspecified atom stereocenters. The van der Waals surface area contributed by atoms with Crippen LogP contribution in [-0.4, -0.2) is 54.2 Å². The molecule has 2 aliphatic heterocycles. The maximum atomic E-state index is 13.4. The molecule has 1 aromatic carbocycles. The summed E-state index contributed by atoms with van der Waals surface area (Å²) >= 11 is 0. The minimum absolute atomic E-state index is 0.0307. The third kappa shape index (κ3) is 4.38. The normalized spacial score (nSPS) is 19.2. The van der Waals surface area contributed by atoms with Gasteiger partial charge in [-0.25, -0.2) is 0 Å². The van der Waals surface area contributed by atoms with E-state index in [-0.39, 0.29) is 23.9 Å². The van der Waals surface area contributed by atoms with Gasteiger partial charge in [0.2, 0.25) is 0 Å². The van der Waals surface area contributed by atoms with Crippen LogP contribution in [-0.2, 0) is 22.6 Å². The number of methoxy groups -OCH3 is 1. The summed E-state index contributed by atoms with van der Waals surface area (Å²) in [6.07, 6.45) is 2.69. The maximum Gasteiger partial charge on any atom is 0.270 e. The summed E-state index contributed by atoms with van der Waals surface area (Å²) in [5.41, 5.74) is 2.94. The summed E-state index contributed by atoms with van der Waals surface area (Å²) in [5, 5.41) is 3.15. The first-order valence-electron chi connectivity index (χ1n) is 11.1. The van der Waals surface area contributed by atoms with E-state index in [1.165, 1.54) is 0 Å². The number of benzene rings is 1. The van der Waals surface area contributed by atoms with Gasteiger partial charge in [0.05, 0.1) is 43.2 Å². The molecule has 2 aliphatic rings. The van der Waals surface area contributed by atoms with Gasteiger partial charge in [-0.05, 0) is 30.9 Å². The van der Waals surface area contributed by atoms with Crippen LogP contribution in [0.25, 0.3) is 0 Å². The van der Waals surface area contributed by atoms with Gasteiger partial charge in [0.1, 0.15) is 5.69 Å². The average molecular weight is 426 g/mol. The van der Waals surface area contributed by atoms with Crippen molar-refractivity contribution in [2.45, 2.75) is 51.4 Å². The summed E-state index contributed by atoms with van der Waals surface area (Å²) in [6, 6.07) is 11.7. The Morgan fingerprint density at radius 3 is 2.81 bits per heavy atom. The van der Waals surface area contributed by atoms with E-state index in [0.29, 0.717) is 37.6 Å². The number of ether oxygens (including phenoxy) is 2. The van der Waals surface area contributed by atoms with E-state index in [1.54, 1.807) is 13.2 Å². The van der Waals surface area contributed by atoms with Crippen molar-refractivity contribution in [1.29, 1.82) is 0 Å². The lowest BCUT2D eigenvalue weighted by molar-refractivity contribution is 0.0591. The molecule has 7 heteroatoms. The molecule has 31 heavy (non-hydrogen) atoms. The zero-order valence-electron chi connectivity index (χ0n) is 18.3. The fourth-order valence-electron chi connectivity index (χ4n) is 4.66. The van der Waals surface area contributed by atoms with Crippen molar-refractivity contribution in [3.63, 3.8) is 0 Å². The molecule has 7 nitrogen and oxygen atoms in total. The molecule has 2 atom stereocenters. The second kappa shape index (κ2) is 9.66. The Bertz CT molecular complexity index is 924. The van der Waals surface area contributed by atoms with Crippen LogP contribution in [0.2, 0.25) is 0 Å². The summed E-state index contributed by atoms with van der Waals surface area (Å²) < 4.78 is 12.9. The first-order valence-corrected chi connectivity index (χ1v) is 11.1. The van der Waals surface area contributed by atoms with Crippen LogP contribution >= 0.6 is 0 Å². The van der Waals surface area contributed by atoms with Gasteiger partial charge in [-0.2, -0.15) is 0 Å². The molecule has 2 amide bonds. The number of aromatic nitrogens is 1. The molecular weight excluding hydrogens is 394 g/mol. The smallest absolute Gasteiger partial charge is 0.270 e. The monoisotopic (exact) mass is 425 g/mol. The Labute approximate surface area is 183 Å². The van der Waals surface area contributed by atoms with Crippen LogP contribution in [0.3, 0.4) is 0 Å². The van der Waals surface area contributed by atoms with Gasteiger partial charge in [0.15, 0.2) is 0 Å². The molecule has 0 aliphatic carbocycles. The number of nitrogens with one attached hydrogen (secondary N) is 1. The summed E-state index contributed by atoms with van der Waals surface area (Å²) in [6.45, 7) is 4.74. The SMILES string of the molecule is CCC(NC(=O)c1cc(C(=O)N2CCCC2COC)n2c1COCC2)c1ccccc1. The van der Waals surface area contributed by atoms with Gasteiger partial charge in [-0.3, -0.25) is 9.59 Å². The number of carbonyl (C=O) groups is 2. The quantitative estimate of drug-likeness (QED) is 0.740. The van der Waals surface area contributed by atoms with Gasteiger partial charge in [-0.15, -0.1) is 0 Å². The molecule has 2 aromatic rings. The third-order valence-electron chi connectivity index (χ3n) is 6.28. The molecule has 1 saturated heterocycles. The number of amides is 2. The molecule has 1 aromatic heterocycles. The predicted octanol–water partition coefficient (Wildman–Crippen LogP) is 3.15. The van der Waals surface area contributed by atoms with E-state index in [2.05, 4.69) is 12.2 Å². The largest absolute Gasteiger partial charge is 0.383 e. The zero-order valence-corrected chi connectivity index (χ0v) is 18.3. The predicted molar refractivity (Wildman–Crippen MR) is 117 cm³/mol. The fraction of sp³-hybridized carbons (Fsp3) is 0.500. The first-order chi connectivity index (χ1) is 15.1. The number of hydrogen-bond acceptors (Lipinski definition) is 4. The molecule has 0 bridgehead atoms. The lowest BCUT2D eigenvalue weighted by Crippen LogP contribution is -2.39. The minimum atomic E-state index is -0.168. The Balaban J connectivity index is 1.61. The molecule has 1 N–H and O–H groups in total. The highest BCUT2D eigenvalue weighted by Crippen LogP contribution is 2.27. The zero-order chi connectivity index (χ0) is 21.8. The Morgan fingerprint density at radius 2 is 2.06 bits per heavy atom. The van der Waals surface area contributed by atoms with E-state index in [0.717, 1.165) is 37.1 Å². The average Bonchev–Trinajstić information content (AvgIpc) is 3.43.